The van der Waals surface area contributed by atoms with E-state index in [0.717, 1.165) is 11.1 Å². The molecule has 0 saturated carbocycles. The highest BCUT2D eigenvalue weighted by atomic mass is 16.6. The molecular weight excluding hydrogens is 186 g/mol. The highest BCUT2D eigenvalue weighted by Gasteiger charge is 1.97. The number of allylic oxidation sites excluding steroid dienone is 2. The molecule has 0 aliphatic carbocycles. The van der Waals surface area contributed by atoms with Gasteiger partial charge in [-0.05, 0) is 10.3 Å². The molecule has 0 saturated heterocycles. The fourth-order valence-electron chi connectivity index (χ4n) is 1.09. The molecule has 0 aliphatic heterocycles. The third-order valence-electron chi connectivity index (χ3n) is 1.98. The summed E-state index contributed by atoms with van der Waals surface area (Å²) in [6.45, 7) is 0. The van der Waals surface area contributed by atoms with Gasteiger partial charge in [-0.3, -0.25) is 4.84 Å². The van der Waals surface area contributed by atoms with E-state index < -0.39 is 0 Å². The lowest BCUT2D eigenvalue weighted by Crippen LogP contribution is -2.03. The summed E-state index contributed by atoms with van der Waals surface area (Å²) in [5.41, 5.74) is 1.86. The summed E-state index contributed by atoms with van der Waals surface area (Å²) >= 11 is 0. The fraction of sp³-hybridized carbons (Fsp3) is 0.154. The summed E-state index contributed by atoms with van der Waals surface area (Å²) in [6.07, 6.45) is 9.06. The maximum absolute atomic E-state index is 5.43. The smallest absolute Gasteiger partial charge is 0.216 e. The molecule has 2 nitrogen and oxygen atoms in total. The Kier molecular flexibility index (Phi) is 4.18. The maximum atomic E-state index is 5.43. The van der Waals surface area contributed by atoms with Gasteiger partial charge in [-0.2, -0.15) is 0 Å². The normalized spacial score (nSPS) is 12.1. The SMILES string of the molecule is C#C/C(=C\C=[N+](/C)OC)c1ccccc1. The van der Waals surface area contributed by atoms with Crippen LogP contribution in [0, 0.1) is 12.3 Å². The summed E-state index contributed by atoms with van der Waals surface area (Å²) in [6, 6.07) is 9.84. The Labute approximate surface area is 90.5 Å². The standard InChI is InChI=1S/C13H14NO/c1-4-12(10-11-14(2)15-3)13-8-6-5-7-9-13/h1,5-11H,2-3H3/q+1/b12-10+,14-11+. The van der Waals surface area contributed by atoms with Crippen molar-refractivity contribution in [3.8, 4) is 12.3 Å². The van der Waals surface area contributed by atoms with Gasteiger partial charge in [0.05, 0.1) is 0 Å². The van der Waals surface area contributed by atoms with Gasteiger partial charge in [0.1, 0.15) is 7.11 Å². The number of nitrogens with zero attached hydrogens (tertiary/aromatic N) is 1. The third-order valence-corrected chi connectivity index (χ3v) is 1.98. The van der Waals surface area contributed by atoms with Gasteiger partial charge in [0.25, 0.3) is 0 Å². The lowest BCUT2D eigenvalue weighted by molar-refractivity contribution is -0.757. The highest BCUT2D eigenvalue weighted by molar-refractivity contribution is 5.89. The van der Waals surface area contributed by atoms with Gasteiger partial charge in [-0.25, -0.2) is 0 Å². The zero-order chi connectivity index (χ0) is 11.1. The molecule has 2 heteroatoms. The monoisotopic (exact) mass is 200 g/mol. The van der Waals surface area contributed by atoms with E-state index in [-0.39, 0.29) is 0 Å². The van der Waals surface area contributed by atoms with E-state index in [1.165, 1.54) is 0 Å². The first-order chi connectivity index (χ1) is 7.27. The Morgan fingerprint density at radius 2 is 2.07 bits per heavy atom. The van der Waals surface area contributed by atoms with Crippen LogP contribution >= 0.6 is 0 Å². The van der Waals surface area contributed by atoms with Crippen molar-refractivity contribution in [3.05, 3.63) is 42.0 Å². The number of rotatable bonds is 3. The summed E-state index contributed by atoms with van der Waals surface area (Å²) in [7, 11) is 3.40. The summed E-state index contributed by atoms with van der Waals surface area (Å²) in [5, 5.41) is 0. The third kappa shape index (κ3) is 3.32. The second kappa shape index (κ2) is 5.66. The predicted octanol–water partition coefficient (Wildman–Crippen LogP) is 1.98. The molecule has 0 aromatic heterocycles. The van der Waals surface area contributed by atoms with E-state index in [1.54, 1.807) is 25.1 Å². The Hall–Kier alpha value is -2.01. The first-order valence-corrected chi connectivity index (χ1v) is 4.62. The Morgan fingerprint density at radius 3 is 2.60 bits per heavy atom. The number of benzene rings is 1. The van der Waals surface area contributed by atoms with Crippen LogP contribution < -0.4 is 0 Å². The van der Waals surface area contributed by atoms with Crippen molar-refractivity contribution in [1.29, 1.82) is 0 Å². The van der Waals surface area contributed by atoms with E-state index in [2.05, 4.69) is 5.92 Å². The van der Waals surface area contributed by atoms with Gasteiger partial charge in [0.2, 0.25) is 6.21 Å². The molecule has 0 amide bonds. The molecule has 0 aliphatic rings. The topological polar surface area (TPSA) is 12.2 Å². The largest absolute Gasteiger partial charge is 0.281 e. The van der Waals surface area contributed by atoms with E-state index in [9.17, 15) is 0 Å². The number of hydroxylamine groups is 1. The molecule has 0 N–H and O–H groups in total. The molecule has 0 heterocycles. The minimum absolute atomic E-state index is 0.833. The molecule has 1 rings (SSSR count). The summed E-state index contributed by atoms with van der Waals surface area (Å²) in [4.78, 5) is 4.95. The molecule has 15 heavy (non-hydrogen) atoms. The molecule has 76 valence electrons. The van der Waals surface area contributed by atoms with Crippen LogP contribution in [0.1, 0.15) is 5.56 Å². The molecular formula is C13H14NO+. The van der Waals surface area contributed by atoms with E-state index in [0.29, 0.717) is 0 Å². The minimum atomic E-state index is 0.833. The number of terminal acetylenes is 1. The molecule has 0 atom stereocenters. The van der Waals surface area contributed by atoms with Crippen LogP contribution in [0.5, 0.6) is 0 Å². The van der Waals surface area contributed by atoms with Crippen LogP contribution in [0.15, 0.2) is 36.4 Å². The van der Waals surface area contributed by atoms with Crippen LogP contribution in [0.25, 0.3) is 5.57 Å². The van der Waals surface area contributed by atoms with Gasteiger partial charge in [-0.1, -0.05) is 36.3 Å². The van der Waals surface area contributed by atoms with Crippen LogP contribution in [-0.4, -0.2) is 25.1 Å². The van der Waals surface area contributed by atoms with Gasteiger partial charge < -0.3 is 0 Å². The van der Waals surface area contributed by atoms with Crippen molar-refractivity contribution in [2.24, 2.45) is 0 Å². The minimum Gasteiger partial charge on any atom is -0.281 e. The van der Waals surface area contributed by atoms with Crippen molar-refractivity contribution in [2.45, 2.75) is 0 Å². The quantitative estimate of drug-likeness (QED) is 0.314. The molecule has 0 radical (unpaired) electrons. The van der Waals surface area contributed by atoms with Crippen molar-refractivity contribution in [2.75, 3.05) is 14.2 Å². The molecule has 0 unspecified atom stereocenters. The van der Waals surface area contributed by atoms with E-state index >= 15 is 0 Å². The van der Waals surface area contributed by atoms with Crippen molar-refractivity contribution in [1.82, 2.24) is 0 Å². The van der Waals surface area contributed by atoms with Crippen molar-refractivity contribution >= 4 is 11.8 Å². The molecule has 1 aromatic rings. The van der Waals surface area contributed by atoms with Gasteiger partial charge in [0, 0.05) is 11.6 Å². The Balaban J connectivity index is 2.97. The van der Waals surface area contributed by atoms with Crippen LogP contribution in [0.4, 0.5) is 0 Å². The molecule has 1 aromatic carbocycles. The number of hydrogen-bond acceptors (Lipinski definition) is 1. The zero-order valence-electron chi connectivity index (χ0n) is 8.97. The van der Waals surface area contributed by atoms with E-state index in [4.69, 9.17) is 11.3 Å². The van der Waals surface area contributed by atoms with Crippen LogP contribution in [0.3, 0.4) is 0 Å². The second-order valence-corrected chi connectivity index (χ2v) is 2.97. The predicted molar refractivity (Wildman–Crippen MR) is 62.5 cm³/mol. The Bertz CT molecular complexity index is 410. The Morgan fingerprint density at radius 1 is 1.40 bits per heavy atom. The zero-order valence-corrected chi connectivity index (χ0v) is 8.97. The maximum Gasteiger partial charge on any atom is 0.216 e. The van der Waals surface area contributed by atoms with Crippen molar-refractivity contribution < 1.29 is 9.58 Å². The lowest BCUT2D eigenvalue weighted by Gasteiger charge is -1.96. The van der Waals surface area contributed by atoms with Gasteiger partial charge >= 0.3 is 0 Å². The summed E-state index contributed by atoms with van der Waals surface area (Å²) < 4.78 is 1.58. The van der Waals surface area contributed by atoms with Crippen LogP contribution in [0.2, 0.25) is 0 Å². The fourth-order valence-corrected chi connectivity index (χ4v) is 1.09. The number of hydrogen-bond donors (Lipinski definition) is 0. The molecule has 0 fully saturated rings. The first-order valence-electron chi connectivity index (χ1n) is 4.62. The average molecular weight is 200 g/mol. The van der Waals surface area contributed by atoms with Crippen molar-refractivity contribution in [3.63, 3.8) is 0 Å². The average Bonchev–Trinajstić information content (AvgIpc) is 2.31. The van der Waals surface area contributed by atoms with Crippen LogP contribution in [-0.2, 0) is 4.84 Å². The lowest BCUT2D eigenvalue weighted by atomic mass is 10.1. The second-order valence-electron chi connectivity index (χ2n) is 2.97. The first kappa shape index (κ1) is 11.1. The van der Waals surface area contributed by atoms with Gasteiger partial charge in [0.15, 0.2) is 7.05 Å². The molecule has 0 spiro atoms. The molecule has 0 bridgehead atoms. The van der Waals surface area contributed by atoms with E-state index in [1.807, 2.05) is 36.4 Å². The summed E-state index contributed by atoms with van der Waals surface area (Å²) in [5.74, 6) is 2.65. The highest BCUT2D eigenvalue weighted by Crippen LogP contribution is 2.11. The van der Waals surface area contributed by atoms with Gasteiger partial charge in [-0.15, -0.1) is 6.42 Å².